The number of aryl methyl sites for hydroxylation is 2. The molecular weight excluding hydrogens is 450 g/mol. The van der Waals surface area contributed by atoms with Crippen LogP contribution in [0.4, 0.5) is 0 Å². The fourth-order valence-corrected chi connectivity index (χ4v) is 5.27. The Morgan fingerprint density at radius 1 is 1.03 bits per heavy atom. The Kier molecular flexibility index (Phi) is 4.91. The molecule has 0 aliphatic carbocycles. The lowest BCUT2D eigenvalue weighted by Gasteiger charge is -2.10. The highest BCUT2D eigenvalue weighted by Crippen LogP contribution is 2.36. The van der Waals surface area contributed by atoms with Crippen LogP contribution in [0.5, 0.6) is 11.5 Å². The van der Waals surface area contributed by atoms with E-state index in [2.05, 4.69) is 23.1 Å². The van der Waals surface area contributed by atoms with Gasteiger partial charge in [-0.2, -0.15) is 0 Å². The number of furan rings is 1. The van der Waals surface area contributed by atoms with Crippen LogP contribution < -0.4 is 9.47 Å². The summed E-state index contributed by atoms with van der Waals surface area (Å²) in [5, 5.41) is 5.66. The van der Waals surface area contributed by atoms with Crippen molar-refractivity contribution in [1.82, 2.24) is 24.6 Å². The molecule has 0 radical (unpaired) electrons. The average Bonchev–Trinajstić information content (AvgIpc) is 3.54. The van der Waals surface area contributed by atoms with Crippen LogP contribution >= 0.6 is 11.3 Å². The third-order valence-corrected chi connectivity index (χ3v) is 6.56. The van der Waals surface area contributed by atoms with Crippen LogP contribution in [-0.2, 0) is 6.61 Å². The second-order valence-electron chi connectivity index (χ2n) is 7.92. The molecule has 0 N–H and O–H groups in total. The van der Waals surface area contributed by atoms with E-state index >= 15 is 0 Å². The number of aromatic nitrogens is 5. The lowest BCUT2D eigenvalue weighted by molar-refractivity contribution is 0.248. The average molecular weight is 472 g/mol. The molecule has 8 nitrogen and oxygen atoms in total. The highest BCUT2D eigenvalue weighted by Gasteiger charge is 2.18. The fraction of sp³-hybridized carbons (Fsp3) is 0.200. The fourth-order valence-electron chi connectivity index (χ4n) is 4.04. The van der Waals surface area contributed by atoms with Gasteiger partial charge in [0, 0.05) is 11.1 Å². The van der Waals surface area contributed by atoms with Gasteiger partial charge in [-0.25, -0.2) is 19.5 Å². The van der Waals surface area contributed by atoms with Crippen molar-refractivity contribution in [3.05, 3.63) is 65.8 Å². The zero-order chi connectivity index (χ0) is 23.2. The lowest BCUT2D eigenvalue weighted by Crippen LogP contribution is -1.98. The largest absolute Gasteiger partial charge is 0.490 e. The zero-order valence-corrected chi connectivity index (χ0v) is 19.7. The topological polar surface area (TPSA) is 87.6 Å². The minimum atomic E-state index is 0.268. The normalized spacial score (nSPS) is 11.6. The smallest absolute Gasteiger partial charge is 0.218 e. The van der Waals surface area contributed by atoms with E-state index in [-0.39, 0.29) is 6.61 Å². The molecule has 0 fully saturated rings. The predicted molar refractivity (Wildman–Crippen MR) is 131 cm³/mol. The minimum Gasteiger partial charge on any atom is -0.490 e. The van der Waals surface area contributed by atoms with Crippen molar-refractivity contribution in [3.8, 4) is 23.1 Å². The minimum absolute atomic E-state index is 0.268. The maximum Gasteiger partial charge on any atom is 0.218 e. The molecule has 0 aliphatic rings. The van der Waals surface area contributed by atoms with Crippen LogP contribution in [0.25, 0.3) is 37.7 Å². The summed E-state index contributed by atoms with van der Waals surface area (Å²) in [5.41, 5.74) is 3.79. The number of nitrogens with zero attached hydrogens (tertiary/aromatic N) is 5. The van der Waals surface area contributed by atoms with E-state index in [0.717, 1.165) is 37.3 Å². The maximum atomic E-state index is 5.99. The number of hydrogen-bond donors (Lipinski definition) is 0. The van der Waals surface area contributed by atoms with Crippen LogP contribution in [0.2, 0.25) is 0 Å². The maximum absolute atomic E-state index is 5.99. The molecule has 5 aromatic heterocycles. The summed E-state index contributed by atoms with van der Waals surface area (Å²) < 4.78 is 20.2. The summed E-state index contributed by atoms with van der Waals surface area (Å²) in [5.74, 6) is 3.11. The first kappa shape index (κ1) is 20.6. The summed E-state index contributed by atoms with van der Waals surface area (Å²) in [6.45, 7) is 6.87. The van der Waals surface area contributed by atoms with Crippen molar-refractivity contribution in [2.45, 2.75) is 27.4 Å². The Morgan fingerprint density at radius 3 is 2.68 bits per heavy atom. The molecule has 5 heterocycles. The van der Waals surface area contributed by atoms with Crippen LogP contribution in [0.15, 0.2) is 53.2 Å². The van der Waals surface area contributed by atoms with Gasteiger partial charge >= 0.3 is 0 Å². The molecule has 34 heavy (non-hydrogen) atoms. The molecule has 0 amide bonds. The van der Waals surface area contributed by atoms with E-state index in [1.807, 2.05) is 50.2 Å². The number of pyridine rings is 1. The molecule has 0 saturated heterocycles. The zero-order valence-electron chi connectivity index (χ0n) is 18.9. The van der Waals surface area contributed by atoms with Gasteiger partial charge in [-0.1, -0.05) is 12.1 Å². The molecule has 1 aromatic carbocycles. The highest BCUT2D eigenvalue weighted by atomic mass is 32.1. The van der Waals surface area contributed by atoms with Crippen LogP contribution in [-0.4, -0.2) is 31.2 Å². The predicted octanol–water partition coefficient (Wildman–Crippen LogP) is 5.74. The van der Waals surface area contributed by atoms with Gasteiger partial charge in [0.2, 0.25) is 5.82 Å². The van der Waals surface area contributed by atoms with E-state index in [0.29, 0.717) is 35.5 Å². The van der Waals surface area contributed by atoms with E-state index in [9.17, 15) is 0 Å². The van der Waals surface area contributed by atoms with Gasteiger partial charge in [0.1, 0.15) is 28.2 Å². The number of para-hydroxylation sites is 2. The van der Waals surface area contributed by atoms with E-state index in [4.69, 9.17) is 23.9 Å². The van der Waals surface area contributed by atoms with Crippen LogP contribution in [0, 0.1) is 13.8 Å². The quantitative estimate of drug-likeness (QED) is 0.306. The van der Waals surface area contributed by atoms with Crippen molar-refractivity contribution in [1.29, 1.82) is 0 Å². The summed E-state index contributed by atoms with van der Waals surface area (Å²) in [6.07, 6.45) is 1.69. The summed E-state index contributed by atoms with van der Waals surface area (Å²) in [7, 11) is 0. The Hall–Kier alpha value is -3.98. The Labute approximate surface area is 198 Å². The van der Waals surface area contributed by atoms with Gasteiger partial charge in [0.05, 0.1) is 12.1 Å². The number of fused-ring (bicyclic) bond motifs is 5. The molecule has 0 saturated carbocycles. The lowest BCUT2D eigenvalue weighted by atomic mass is 10.1. The molecule has 0 bridgehead atoms. The first-order valence-corrected chi connectivity index (χ1v) is 11.8. The molecule has 6 rings (SSSR count). The van der Waals surface area contributed by atoms with Crippen LogP contribution in [0.1, 0.15) is 23.9 Å². The SMILES string of the molecule is CCOc1ccccc1OCc1ccc(-c2nc3c4sc5nc(C)cc(C)c5c4ncn3n2)o1. The Morgan fingerprint density at radius 2 is 1.85 bits per heavy atom. The van der Waals surface area contributed by atoms with Gasteiger partial charge < -0.3 is 13.9 Å². The first-order chi connectivity index (χ1) is 16.6. The van der Waals surface area contributed by atoms with Gasteiger partial charge in [-0.15, -0.1) is 16.4 Å². The molecule has 0 spiro atoms. The summed E-state index contributed by atoms with van der Waals surface area (Å²) in [6, 6.07) is 13.4. The molecule has 0 unspecified atom stereocenters. The van der Waals surface area contributed by atoms with Crippen molar-refractivity contribution < 1.29 is 13.9 Å². The Bertz CT molecular complexity index is 1670. The highest BCUT2D eigenvalue weighted by molar-refractivity contribution is 7.26. The van der Waals surface area contributed by atoms with Crippen molar-refractivity contribution in [3.63, 3.8) is 0 Å². The number of rotatable bonds is 6. The first-order valence-electron chi connectivity index (χ1n) is 11.0. The molecular formula is C25H21N5O3S. The summed E-state index contributed by atoms with van der Waals surface area (Å²) in [4.78, 5) is 15.1. The third-order valence-electron chi connectivity index (χ3n) is 5.49. The second kappa shape index (κ2) is 8.11. The van der Waals surface area contributed by atoms with E-state index in [1.165, 1.54) is 0 Å². The molecule has 170 valence electrons. The molecule has 6 aromatic rings. The number of thiophene rings is 1. The number of ether oxygens (including phenoxy) is 2. The number of benzene rings is 1. The number of hydrogen-bond acceptors (Lipinski definition) is 8. The van der Waals surface area contributed by atoms with Crippen molar-refractivity contribution in [2.75, 3.05) is 6.61 Å². The second-order valence-corrected chi connectivity index (χ2v) is 8.92. The molecule has 0 aliphatic heterocycles. The van der Waals surface area contributed by atoms with Crippen LogP contribution in [0.3, 0.4) is 0 Å². The molecule has 0 atom stereocenters. The molecule has 9 heteroatoms. The third kappa shape index (κ3) is 3.45. The van der Waals surface area contributed by atoms with Gasteiger partial charge in [-0.3, -0.25) is 0 Å². The van der Waals surface area contributed by atoms with Gasteiger partial charge in [-0.05, 0) is 56.7 Å². The Balaban J connectivity index is 1.32. The van der Waals surface area contributed by atoms with Crippen molar-refractivity contribution >= 4 is 37.4 Å². The van der Waals surface area contributed by atoms with Gasteiger partial charge in [0.15, 0.2) is 22.9 Å². The van der Waals surface area contributed by atoms with Crippen molar-refractivity contribution in [2.24, 2.45) is 0 Å². The summed E-state index contributed by atoms with van der Waals surface area (Å²) >= 11 is 1.58. The van der Waals surface area contributed by atoms with Gasteiger partial charge in [0.25, 0.3) is 0 Å². The monoisotopic (exact) mass is 471 g/mol. The standard InChI is InChI=1S/C25H21N5O3S/c1-4-31-17-7-5-6-8-18(17)32-12-16-9-10-19(33-16)23-28-24-22-21(26-13-30(24)29-23)20-14(2)11-15(3)27-25(20)34-22/h5-11,13H,4,12H2,1-3H3. The van der Waals surface area contributed by atoms with E-state index < -0.39 is 0 Å². The van der Waals surface area contributed by atoms with E-state index in [1.54, 1.807) is 22.2 Å².